The van der Waals surface area contributed by atoms with Crippen molar-refractivity contribution in [3.63, 3.8) is 0 Å². The highest BCUT2D eigenvalue weighted by molar-refractivity contribution is 5.81. The van der Waals surface area contributed by atoms with Crippen LogP contribution in [0.4, 0.5) is 0 Å². The monoisotopic (exact) mass is 128 g/mol. The summed E-state index contributed by atoms with van der Waals surface area (Å²) in [5, 5.41) is 3.66. The van der Waals surface area contributed by atoms with Crippen molar-refractivity contribution in [2.45, 2.75) is 12.5 Å². The zero-order valence-corrected chi connectivity index (χ0v) is 5.13. The van der Waals surface area contributed by atoms with Gasteiger partial charge in [0.15, 0.2) is 0 Å². The average molecular weight is 128 g/mol. The number of ether oxygens (including phenoxy) is 1. The van der Waals surface area contributed by atoms with Crippen molar-refractivity contribution in [2.75, 3.05) is 7.11 Å². The van der Waals surface area contributed by atoms with Crippen LogP contribution in [0, 0.1) is 0 Å². The molecule has 0 aromatic carbocycles. The molecule has 1 aliphatic heterocycles. The Morgan fingerprint density at radius 1 is 2.00 bits per heavy atom. The molecule has 1 unspecified atom stereocenters. The van der Waals surface area contributed by atoms with Crippen molar-refractivity contribution in [1.29, 1.82) is 0 Å². The van der Waals surface area contributed by atoms with Crippen molar-refractivity contribution >= 4 is 12.2 Å². The van der Waals surface area contributed by atoms with Gasteiger partial charge in [-0.1, -0.05) is 0 Å². The fraction of sp³-hybridized carbons (Fsp3) is 0.600. The lowest BCUT2D eigenvalue weighted by atomic mass is 10.2. The molecular weight excluding hydrogens is 120 g/mol. The Morgan fingerprint density at radius 2 is 2.78 bits per heavy atom. The minimum atomic E-state index is -0.257. The number of nitrogens with zero attached hydrogens (tertiary/aromatic N) is 1. The molecule has 0 aromatic rings. The summed E-state index contributed by atoms with van der Waals surface area (Å²) in [6, 6.07) is -0.255. The Balaban J connectivity index is 2.36. The van der Waals surface area contributed by atoms with E-state index in [1.54, 1.807) is 6.21 Å². The van der Waals surface area contributed by atoms with Gasteiger partial charge in [-0.05, 0) is 0 Å². The predicted molar refractivity (Wildman–Crippen MR) is 32.0 cm³/mol. The van der Waals surface area contributed by atoms with E-state index >= 15 is 0 Å². The molecular formula is C5H8N2O2. The van der Waals surface area contributed by atoms with Gasteiger partial charge in [0.1, 0.15) is 6.04 Å². The van der Waals surface area contributed by atoms with E-state index in [2.05, 4.69) is 15.3 Å². The molecule has 1 heterocycles. The van der Waals surface area contributed by atoms with Crippen LogP contribution in [0.15, 0.2) is 5.10 Å². The smallest absolute Gasteiger partial charge is 0.330 e. The Labute approximate surface area is 52.9 Å². The highest BCUT2D eigenvalue weighted by Crippen LogP contribution is 1.97. The van der Waals surface area contributed by atoms with Crippen molar-refractivity contribution in [1.82, 2.24) is 5.43 Å². The van der Waals surface area contributed by atoms with Crippen LogP contribution in [-0.2, 0) is 9.53 Å². The molecule has 1 atom stereocenters. The van der Waals surface area contributed by atoms with Gasteiger partial charge < -0.3 is 4.74 Å². The molecule has 0 saturated carbocycles. The molecule has 4 nitrogen and oxygen atoms in total. The fourth-order valence-corrected chi connectivity index (χ4v) is 0.645. The van der Waals surface area contributed by atoms with Crippen LogP contribution >= 0.6 is 0 Å². The van der Waals surface area contributed by atoms with Gasteiger partial charge in [-0.15, -0.1) is 0 Å². The Bertz CT molecular complexity index is 136. The Morgan fingerprint density at radius 3 is 3.22 bits per heavy atom. The first-order valence-electron chi connectivity index (χ1n) is 2.69. The first kappa shape index (κ1) is 6.07. The van der Waals surface area contributed by atoms with Crippen molar-refractivity contribution in [2.24, 2.45) is 5.10 Å². The molecule has 0 aliphatic carbocycles. The SMILES string of the molecule is COC(=O)C1CC=NN1. The lowest BCUT2D eigenvalue weighted by Crippen LogP contribution is -2.30. The van der Waals surface area contributed by atoms with Gasteiger partial charge in [0, 0.05) is 12.6 Å². The Kier molecular flexibility index (Phi) is 1.67. The molecule has 1 aliphatic rings. The quantitative estimate of drug-likeness (QED) is 0.485. The molecule has 0 spiro atoms. The molecule has 1 N–H and O–H groups in total. The molecule has 4 heteroatoms. The van der Waals surface area contributed by atoms with Crippen LogP contribution in [0.25, 0.3) is 0 Å². The van der Waals surface area contributed by atoms with E-state index in [4.69, 9.17) is 0 Å². The summed E-state index contributed by atoms with van der Waals surface area (Å²) in [5.41, 5.74) is 2.60. The van der Waals surface area contributed by atoms with Gasteiger partial charge in [-0.25, -0.2) is 4.79 Å². The third-order valence-electron chi connectivity index (χ3n) is 1.15. The maximum atomic E-state index is 10.6. The first-order valence-corrected chi connectivity index (χ1v) is 2.69. The maximum Gasteiger partial charge on any atom is 0.330 e. The van der Waals surface area contributed by atoms with E-state index in [-0.39, 0.29) is 12.0 Å². The maximum absolute atomic E-state index is 10.6. The van der Waals surface area contributed by atoms with E-state index in [0.717, 1.165) is 0 Å². The number of carbonyl (C=O) groups is 1. The molecule has 0 saturated heterocycles. The van der Waals surface area contributed by atoms with Crippen LogP contribution in [-0.4, -0.2) is 25.3 Å². The van der Waals surface area contributed by atoms with Crippen LogP contribution in [0.5, 0.6) is 0 Å². The number of rotatable bonds is 1. The van der Waals surface area contributed by atoms with Crippen molar-refractivity contribution in [3.8, 4) is 0 Å². The second-order valence-corrected chi connectivity index (χ2v) is 1.75. The zero-order valence-electron chi connectivity index (χ0n) is 5.13. The van der Waals surface area contributed by atoms with Gasteiger partial charge in [0.2, 0.25) is 0 Å². The second kappa shape index (κ2) is 2.48. The summed E-state index contributed by atoms with van der Waals surface area (Å²) in [6.45, 7) is 0. The topological polar surface area (TPSA) is 50.7 Å². The van der Waals surface area contributed by atoms with Gasteiger partial charge >= 0.3 is 5.97 Å². The number of hydrogen-bond donors (Lipinski definition) is 1. The standard InChI is InChI=1S/C5H8N2O2/c1-9-5(8)4-2-3-6-7-4/h3-4,7H,2H2,1H3. The minimum absolute atomic E-state index is 0.255. The van der Waals surface area contributed by atoms with Gasteiger partial charge in [0.25, 0.3) is 0 Å². The third-order valence-corrected chi connectivity index (χ3v) is 1.15. The highest BCUT2D eigenvalue weighted by Gasteiger charge is 2.19. The normalized spacial score (nSPS) is 23.4. The first-order chi connectivity index (χ1) is 4.34. The van der Waals surface area contributed by atoms with E-state index < -0.39 is 0 Å². The number of hydrogen-bond acceptors (Lipinski definition) is 4. The van der Waals surface area contributed by atoms with E-state index in [1.807, 2.05) is 0 Å². The summed E-state index contributed by atoms with van der Waals surface area (Å²) >= 11 is 0. The lowest BCUT2D eigenvalue weighted by molar-refractivity contribution is -0.142. The second-order valence-electron chi connectivity index (χ2n) is 1.75. The molecule has 0 bridgehead atoms. The van der Waals surface area contributed by atoms with Gasteiger partial charge in [0.05, 0.1) is 7.11 Å². The number of esters is 1. The van der Waals surface area contributed by atoms with Crippen molar-refractivity contribution in [3.05, 3.63) is 0 Å². The van der Waals surface area contributed by atoms with E-state index in [9.17, 15) is 4.79 Å². The predicted octanol–water partition coefficient (Wildman–Crippen LogP) is -0.493. The minimum Gasteiger partial charge on any atom is -0.467 e. The van der Waals surface area contributed by atoms with Crippen molar-refractivity contribution < 1.29 is 9.53 Å². The van der Waals surface area contributed by atoms with E-state index in [0.29, 0.717) is 6.42 Å². The van der Waals surface area contributed by atoms with Gasteiger partial charge in [-0.2, -0.15) is 5.10 Å². The molecule has 0 fully saturated rings. The number of hydrazone groups is 1. The number of carbonyl (C=O) groups excluding carboxylic acids is 1. The molecule has 9 heavy (non-hydrogen) atoms. The fourth-order valence-electron chi connectivity index (χ4n) is 0.645. The molecule has 0 amide bonds. The van der Waals surface area contributed by atoms with E-state index in [1.165, 1.54) is 7.11 Å². The molecule has 0 radical (unpaired) electrons. The number of methoxy groups -OCH3 is 1. The van der Waals surface area contributed by atoms with Crippen LogP contribution in [0.1, 0.15) is 6.42 Å². The number of nitrogens with one attached hydrogen (secondary N) is 1. The summed E-state index contributed by atoms with van der Waals surface area (Å²) in [4.78, 5) is 10.6. The summed E-state index contributed by atoms with van der Waals surface area (Å²) in [7, 11) is 1.36. The van der Waals surface area contributed by atoms with Crippen LogP contribution in [0.2, 0.25) is 0 Å². The third kappa shape index (κ3) is 1.19. The lowest BCUT2D eigenvalue weighted by Gasteiger charge is -2.04. The summed E-state index contributed by atoms with van der Waals surface area (Å²) in [5.74, 6) is -0.257. The molecule has 1 rings (SSSR count). The average Bonchev–Trinajstić information content (AvgIpc) is 2.37. The van der Waals surface area contributed by atoms with Crippen LogP contribution < -0.4 is 5.43 Å². The largest absolute Gasteiger partial charge is 0.467 e. The van der Waals surface area contributed by atoms with Crippen LogP contribution in [0.3, 0.4) is 0 Å². The Hall–Kier alpha value is -1.06. The zero-order chi connectivity index (χ0) is 6.69. The highest BCUT2D eigenvalue weighted by atomic mass is 16.5. The summed E-state index contributed by atoms with van der Waals surface area (Å²) < 4.78 is 4.45. The molecule has 50 valence electrons. The molecule has 0 aromatic heterocycles. The summed E-state index contributed by atoms with van der Waals surface area (Å²) in [6.07, 6.45) is 2.29. The van der Waals surface area contributed by atoms with Gasteiger partial charge in [-0.3, -0.25) is 5.43 Å².